The van der Waals surface area contributed by atoms with Crippen LogP contribution in [0, 0.1) is 19.8 Å². The van der Waals surface area contributed by atoms with E-state index in [0.717, 1.165) is 28.1 Å². The fraction of sp³-hybridized carbons (Fsp3) is 0.429. The number of carbonyl (C=O) groups excluding carboxylic acids is 2. The van der Waals surface area contributed by atoms with E-state index in [9.17, 15) is 9.59 Å². The zero-order chi connectivity index (χ0) is 20.7. The number of carbonyl (C=O) groups is 2. The molecule has 0 saturated carbocycles. The van der Waals surface area contributed by atoms with Crippen molar-refractivity contribution in [2.45, 2.75) is 45.1 Å². The summed E-state index contributed by atoms with van der Waals surface area (Å²) >= 11 is 3.19. The highest BCUT2D eigenvalue weighted by Crippen LogP contribution is 2.40. The molecule has 0 aliphatic heterocycles. The normalized spacial score (nSPS) is 16.1. The van der Waals surface area contributed by atoms with Gasteiger partial charge in [0, 0.05) is 16.0 Å². The zero-order valence-electron chi connectivity index (χ0n) is 16.9. The second-order valence-corrected chi connectivity index (χ2v) is 9.59. The second kappa shape index (κ2) is 7.91. The Bertz CT molecular complexity index is 1120. The number of hydrogen-bond donors (Lipinski definition) is 1. The summed E-state index contributed by atoms with van der Waals surface area (Å²) in [5, 5.41) is 1.98. The lowest BCUT2D eigenvalue weighted by Crippen LogP contribution is -2.09. The van der Waals surface area contributed by atoms with Crippen molar-refractivity contribution in [3.05, 3.63) is 39.3 Å². The maximum atomic E-state index is 12.9. The van der Waals surface area contributed by atoms with E-state index >= 15 is 0 Å². The molecule has 4 rings (SSSR count). The smallest absolute Gasteiger partial charge is 0.339 e. The van der Waals surface area contributed by atoms with Gasteiger partial charge in [0.1, 0.15) is 16.2 Å². The van der Waals surface area contributed by atoms with Crippen LogP contribution in [0.15, 0.2) is 11.4 Å². The average Bonchev–Trinajstić information content (AvgIpc) is 3.21. The van der Waals surface area contributed by atoms with Gasteiger partial charge in [-0.05, 0) is 50.2 Å². The molecule has 0 bridgehead atoms. The third-order valence-electron chi connectivity index (χ3n) is 5.50. The first kappa shape index (κ1) is 20.1. The summed E-state index contributed by atoms with van der Waals surface area (Å²) < 4.78 is 4.83. The fourth-order valence-corrected chi connectivity index (χ4v) is 6.31. The minimum absolute atomic E-state index is 0.0600. The molecule has 6 nitrogen and oxygen atoms in total. The van der Waals surface area contributed by atoms with Crippen molar-refractivity contribution in [1.82, 2.24) is 15.0 Å². The van der Waals surface area contributed by atoms with Gasteiger partial charge in [-0.25, -0.2) is 14.8 Å². The number of hydrogen-bond acceptors (Lipinski definition) is 7. The van der Waals surface area contributed by atoms with Crippen LogP contribution in [0.3, 0.4) is 0 Å². The molecule has 29 heavy (non-hydrogen) atoms. The summed E-state index contributed by atoms with van der Waals surface area (Å²) in [6, 6.07) is 0. The minimum Gasteiger partial charge on any atom is -0.465 e. The summed E-state index contributed by atoms with van der Waals surface area (Å²) in [7, 11) is 1.34. The van der Waals surface area contributed by atoms with Crippen molar-refractivity contribution in [2.24, 2.45) is 5.92 Å². The van der Waals surface area contributed by atoms with E-state index in [1.807, 2.05) is 0 Å². The Kier molecular flexibility index (Phi) is 5.48. The van der Waals surface area contributed by atoms with E-state index in [1.54, 1.807) is 31.5 Å². The van der Waals surface area contributed by atoms with Gasteiger partial charge < -0.3 is 9.72 Å². The van der Waals surface area contributed by atoms with Crippen LogP contribution in [0.2, 0.25) is 0 Å². The first-order valence-corrected chi connectivity index (χ1v) is 11.4. The number of ether oxygens (including phenoxy) is 1. The lowest BCUT2D eigenvalue weighted by molar-refractivity contribution is 0.0599. The maximum Gasteiger partial charge on any atom is 0.339 e. The van der Waals surface area contributed by atoms with Crippen molar-refractivity contribution in [3.63, 3.8) is 0 Å². The van der Waals surface area contributed by atoms with E-state index in [0.29, 0.717) is 28.4 Å². The number of thioether (sulfide) groups is 1. The van der Waals surface area contributed by atoms with E-state index in [2.05, 4.69) is 21.9 Å². The standard InChI is InChI=1S/C21H23N3O3S2/c1-10-5-6-13-15(7-10)29-20-17(13)19(22-9-23-20)28-8-14(25)18-11(2)16(12(3)24-18)21(26)27-4/h9-10,24H,5-8H2,1-4H3/t10-/m1/s1. The molecule has 3 aromatic heterocycles. The van der Waals surface area contributed by atoms with Crippen molar-refractivity contribution < 1.29 is 14.3 Å². The monoisotopic (exact) mass is 429 g/mol. The Morgan fingerprint density at radius 1 is 1.34 bits per heavy atom. The van der Waals surface area contributed by atoms with Gasteiger partial charge in [-0.3, -0.25) is 4.79 Å². The molecule has 0 amide bonds. The van der Waals surface area contributed by atoms with Crippen LogP contribution in [0.5, 0.6) is 0 Å². The number of H-pyrrole nitrogens is 1. The molecule has 0 radical (unpaired) electrons. The van der Waals surface area contributed by atoms with Crippen LogP contribution >= 0.6 is 23.1 Å². The van der Waals surface area contributed by atoms with Gasteiger partial charge in [-0.2, -0.15) is 0 Å². The molecule has 0 unspecified atom stereocenters. The summed E-state index contributed by atoms with van der Waals surface area (Å²) in [5.74, 6) is 0.452. The van der Waals surface area contributed by atoms with Gasteiger partial charge in [0.05, 0.1) is 24.1 Å². The molecular formula is C21H23N3O3S2. The van der Waals surface area contributed by atoms with Gasteiger partial charge in [0.25, 0.3) is 0 Å². The largest absolute Gasteiger partial charge is 0.465 e. The van der Waals surface area contributed by atoms with Crippen LogP contribution in [0.25, 0.3) is 10.2 Å². The van der Waals surface area contributed by atoms with E-state index in [1.165, 1.54) is 35.7 Å². The van der Waals surface area contributed by atoms with Crippen LogP contribution in [-0.4, -0.2) is 39.6 Å². The van der Waals surface area contributed by atoms with E-state index in [-0.39, 0.29) is 11.5 Å². The van der Waals surface area contributed by atoms with E-state index in [4.69, 9.17) is 4.74 Å². The second-order valence-electron chi connectivity index (χ2n) is 7.54. The van der Waals surface area contributed by atoms with Gasteiger partial charge >= 0.3 is 5.97 Å². The van der Waals surface area contributed by atoms with Gasteiger partial charge in [-0.15, -0.1) is 11.3 Å². The number of methoxy groups -OCH3 is 1. The Labute approximate surface area is 177 Å². The molecule has 1 atom stereocenters. The molecule has 8 heteroatoms. The molecule has 1 aliphatic carbocycles. The highest BCUT2D eigenvalue weighted by atomic mass is 32.2. The Balaban J connectivity index is 1.59. The molecule has 3 heterocycles. The summed E-state index contributed by atoms with van der Waals surface area (Å²) in [6.07, 6.45) is 4.90. The summed E-state index contributed by atoms with van der Waals surface area (Å²) in [5.41, 5.74) is 3.54. The zero-order valence-corrected chi connectivity index (χ0v) is 18.6. The lowest BCUT2D eigenvalue weighted by Gasteiger charge is -2.18. The topological polar surface area (TPSA) is 84.9 Å². The molecule has 0 saturated heterocycles. The van der Waals surface area contributed by atoms with E-state index < -0.39 is 5.97 Å². The fourth-order valence-electron chi connectivity index (χ4n) is 4.00. The lowest BCUT2D eigenvalue weighted by atomic mass is 9.89. The maximum absolute atomic E-state index is 12.9. The first-order valence-electron chi connectivity index (χ1n) is 9.59. The Morgan fingerprint density at radius 3 is 2.90 bits per heavy atom. The summed E-state index contributed by atoms with van der Waals surface area (Å²) in [4.78, 5) is 39.3. The van der Waals surface area contributed by atoms with Gasteiger partial charge in [-0.1, -0.05) is 18.7 Å². The highest BCUT2D eigenvalue weighted by molar-refractivity contribution is 8.00. The highest BCUT2D eigenvalue weighted by Gasteiger charge is 2.25. The molecule has 0 spiro atoms. The van der Waals surface area contributed by atoms with Crippen LogP contribution in [-0.2, 0) is 17.6 Å². The predicted molar refractivity (Wildman–Crippen MR) is 115 cm³/mol. The van der Waals surface area contributed by atoms with Crippen molar-refractivity contribution in [1.29, 1.82) is 0 Å². The quantitative estimate of drug-likeness (QED) is 0.278. The van der Waals surface area contributed by atoms with Crippen LogP contribution < -0.4 is 0 Å². The van der Waals surface area contributed by atoms with Gasteiger partial charge in [0.2, 0.25) is 0 Å². The number of fused-ring (bicyclic) bond motifs is 3. The Hall–Kier alpha value is -2.19. The van der Waals surface area contributed by atoms with Gasteiger partial charge in [0.15, 0.2) is 5.78 Å². The third-order valence-corrected chi connectivity index (χ3v) is 7.65. The number of rotatable bonds is 5. The van der Waals surface area contributed by atoms with Crippen LogP contribution in [0.4, 0.5) is 0 Å². The molecule has 0 aromatic carbocycles. The minimum atomic E-state index is -0.431. The van der Waals surface area contributed by atoms with Crippen molar-refractivity contribution in [3.8, 4) is 0 Å². The third kappa shape index (κ3) is 3.59. The Morgan fingerprint density at radius 2 is 2.14 bits per heavy atom. The average molecular weight is 430 g/mol. The molecule has 1 N–H and O–H groups in total. The molecule has 0 fully saturated rings. The van der Waals surface area contributed by atoms with Crippen molar-refractivity contribution in [2.75, 3.05) is 12.9 Å². The molecule has 3 aromatic rings. The molecular weight excluding hydrogens is 406 g/mol. The number of thiophene rings is 1. The number of aryl methyl sites for hydroxylation is 2. The van der Waals surface area contributed by atoms with Crippen LogP contribution in [0.1, 0.15) is 55.9 Å². The molecule has 1 aliphatic rings. The SMILES string of the molecule is COC(=O)c1c(C)[nH]c(C(=O)CSc2ncnc3sc4c(c23)CC[C@@H](C)C4)c1C. The van der Waals surface area contributed by atoms with Crippen molar-refractivity contribution >= 4 is 45.1 Å². The number of esters is 1. The number of aromatic amines is 1. The predicted octanol–water partition coefficient (Wildman–Crippen LogP) is 4.52. The number of ketones is 1. The number of nitrogens with zero attached hydrogens (tertiary/aromatic N) is 2. The number of Topliss-reactive ketones (excluding diaryl/α,β-unsaturated/α-hetero) is 1. The first-order chi connectivity index (χ1) is 13.9. The molecule has 152 valence electrons. The summed E-state index contributed by atoms with van der Waals surface area (Å²) in [6.45, 7) is 5.83. The number of aromatic nitrogens is 3. The number of nitrogens with one attached hydrogen (secondary N) is 1.